The smallest absolute Gasteiger partial charge is 0.246 e. The average molecular weight is 424 g/mol. The number of halogens is 1. The van der Waals surface area contributed by atoms with Gasteiger partial charge in [0.1, 0.15) is 29.4 Å². The van der Waals surface area contributed by atoms with Crippen LogP contribution < -0.4 is 19.9 Å². The van der Waals surface area contributed by atoms with Crippen LogP contribution in [0.2, 0.25) is 0 Å². The molecule has 1 saturated carbocycles. The molecular weight excluding hydrogens is 399 g/mol. The van der Waals surface area contributed by atoms with Crippen LogP contribution in [0, 0.1) is 30.0 Å². The maximum absolute atomic E-state index is 13.3. The van der Waals surface area contributed by atoms with Crippen molar-refractivity contribution >= 4 is 23.4 Å². The number of likely N-dealkylation sites (N-methyl/N-ethyl adjacent to an activating group) is 1. The van der Waals surface area contributed by atoms with Crippen LogP contribution in [0.4, 0.5) is 21.8 Å². The number of amides is 1. The molecule has 31 heavy (non-hydrogen) atoms. The maximum Gasteiger partial charge on any atom is 0.246 e. The molecule has 1 amide bonds. The van der Waals surface area contributed by atoms with Gasteiger partial charge < -0.3 is 19.9 Å². The minimum Gasteiger partial charge on any atom is -0.492 e. The Hall–Kier alpha value is -3.41. The van der Waals surface area contributed by atoms with E-state index in [0.717, 1.165) is 24.4 Å². The van der Waals surface area contributed by atoms with Crippen molar-refractivity contribution in [3.05, 3.63) is 35.3 Å². The lowest BCUT2D eigenvalue weighted by molar-refractivity contribution is -0.117. The molecule has 0 radical (unpaired) electrons. The quantitative estimate of drug-likeness (QED) is 0.789. The zero-order valence-electron chi connectivity index (χ0n) is 18.0. The van der Waals surface area contributed by atoms with E-state index >= 15 is 0 Å². The van der Waals surface area contributed by atoms with Crippen LogP contribution in [0.15, 0.2) is 18.2 Å². The standard InChI is InChI=1S/C22H25FN6O2/c1-12-19-20(28(3)13(2)21(30)26-19)27-22(25-12)29(4)17-7-14(8-17)11-31-18-6-5-16(23)9-15(18)10-24/h5-6,9,13-14,17H,7-8,11H2,1-4H3,(H,26,30)/t13-,14?,17?/m0/s1. The highest BCUT2D eigenvalue weighted by molar-refractivity contribution is 6.03. The Morgan fingerprint density at radius 1 is 1.39 bits per heavy atom. The second-order valence-electron chi connectivity index (χ2n) is 8.25. The molecule has 4 rings (SSSR count). The third kappa shape index (κ3) is 3.85. The van der Waals surface area contributed by atoms with Crippen molar-refractivity contribution in [1.29, 1.82) is 5.26 Å². The van der Waals surface area contributed by atoms with Crippen LogP contribution in [0.5, 0.6) is 5.75 Å². The first-order valence-electron chi connectivity index (χ1n) is 10.3. The Morgan fingerprint density at radius 2 is 2.13 bits per heavy atom. The van der Waals surface area contributed by atoms with Crippen LogP contribution in [0.25, 0.3) is 0 Å². The van der Waals surface area contributed by atoms with Crippen LogP contribution in [-0.2, 0) is 4.79 Å². The van der Waals surface area contributed by atoms with E-state index in [-0.39, 0.29) is 23.6 Å². The third-order valence-corrected chi connectivity index (χ3v) is 6.21. The minimum atomic E-state index is -0.450. The number of ether oxygens (including phenoxy) is 1. The number of nitriles is 1. The van der Waals surface area contributed by atoms with Crippen LogP contribution in [0.1, 0.15) is 31.0 Å². The molecule has 2 aromatic rings. The first-order valence-corrected chi connectivity index (χ1v) is 10.3. The lowest BCUT2D eigenvalue weighted by Gasteiger charge is -2.41. The molecule has 162 valence electrons. The average Bonchev–Trinajstić information content (AvgIpc) is 2.72. The van der Waals surface area contributed by atoms with Crippen LogP contribution >= 0.6 is 0 Å². The summed E-state index contributed by atoms with van der Waals surface area (Å²) in [4.78, 5) is 25.3. The van der Waals surface area contributed by atoms with Gasteiger partial charge in [0, 0.05) is 20.1 Å². The van der Waals surface area contributed by atoms with Crippen molar-refractivity contribution in [3.63, 3.8) is 0 Å². The van der Waals surface area contributed by atoms with Crippen molar-refractivity contribution in [2.75, 3.05) is 35.8 Å². The van der Waals surface area contributed by atoms with E-state index in [2.05, 4.69) is 15.2 Å². The van der Waals surface area contributed by atoms with E-state index in [9.17, 15) is 9.18 Å². The zero-order valence-corrected chi connectivity index (χ0v) is 18.0. The number of hydrogen-bond donors (Lipinski definition) is 1. The molecule has 1 aromatic heterocycles. The number of aromatic nitrogens is 2. The Morgan fingerprint density at radius 3 is 2.84 bits per heavy atom. The number of nitrogens with one attached hydrogen (secondary N) is 1. The number of carbonyl (C=O) groups is 1. The molecule has 8 nitrogen and oxygen atoms in total. The first-order chi connectivity index (χ1) is 14.8. The van der Waals surface area contributed by atoms with E-state index in [1.165, 1.54) is 18.2 Å². The summed E-state index contributed by atoms with van der Waals surface area (Å²) in [6.45, 7) is 4.18. The molecule has 2 heterocycles. The number of carbonyl (C=O) groups excluding carboxylic acids is 1. The molecule has 1 N–H and O–H groups in total. The highest BCUT2D eigenvalue weighted by Crippen LogP contribution is 2.37. The van der Waals surface area contributed by atoms with Gasteiger partial charge in [-0.2, -0.15) is 10.2 Å². The van der Waals surface area contributed by atoms with E-state index in [1.54, 1.807) is 0 Å². The predicted octanol–water partition coefficient (Wildman–Crippen LogP) is 2.87. The first kappa shape index (κ1) is 20.8. The van der Waals surface area contributed by atoms with Gasteiger partial charge in [0.05, 0.1) is 17.9 Å². The van der Waals surface area contributed by atoms with Gasteiger partial charge in [0.2, 0.25) is 11.9 Å². The summed E-state index contributed by atoms with van der Waals surface area (Å²) >= 11 is 0. The third-order valence-electron chi connectivity index (χ3n) is 6.21. The highest BCUT2D eigenvalue weighted by atomic mass is 19.1. The molecule has 0 spiro atoms. The zero-order chi connectivity index (χ0) is 22.3. The number of anilines is 3. The van der Waals surface area contributed by atoms with Crippen molar-refractivity contribution in [1.82, 2.24) is 9.97 Å². The SMILES string of the molecule is Cc1nc(N(C)C2CC(COc3ccc(F)cc3C#N)C2)nc2c1NC(=O)[C@H](C)N2C. The molecule has 9 heteroatoms. The minimum absolute atomic E-state index is 0.0645. The second kappa shape index (κ2) is 8.02. The van der Waals surface area contributed by atoms with Gasteiger partial charge in [-0.25, -0.2) is 9.37 Å². The molecule has 1 aliphatic heterocycles. The largest absolute Gasteiger partial charge is 0.492 e. The summed E-state index contributed by atoms with van der Waals surface area (Å²) in [6.07, 6.45) is 1.81. The molecule has 0 unspecified atom stereocenters. The van der Waals surface area contributed by atoms with Crippen molar-refractivity contribution < 1.29 is 13.9 Å². The van der Waals surface area contributed by atoms with Gasteiger partial charge in [-0.05, 0) is 50.8 Å². The molecule has 1 aliphatic carbocycles. The summed E-state index contributed by atoms with van der Waals surface area (Å²) in [7, 11) is 3.83. The van der Waals surface area contributed by atoms with Crippen LogP contribution in [-0.4, -0.2) is 48.7 Å². The molecule has 0 bridgehead atoms. The Kier molecular flexibility index (Phi) is 5.39. The molecule has 0 saturated heterocycles. The lowest BCUT2D eigenvalue weighted by Crippen LogP contribution is -2.47. The van der Waals surface area contributed by atoms with Crippen LogP contribution in [0.3, 0.4) is 0 Å². The molecule has 1 atom stereocenters. The number of nitrogens with zero attached hydrogens (tertiary/aromatic N) is 5. The summed E-state index contributed by atoms with van der Waals surface area (Å²) < 4.78 is 19.0. The second-order valence-corrected chi connectivity index (χ2v) is 8.25. The molecule has 2 aliphatic rings. The van der Waals surface area contributed by atoms with E-state index in [1.807, 2.05) is 38.9 Å². The van der Waals surface area contributed by atoms with Crippen molar-refractivity contribution in [2.45, 2.75) is 38.8 Å². The number of fused-ring (bicyclic) bond motifs is 1. The fourth-order valence-corrected chi connectivity index (χ4v) is 3.93. The van der Waals surface area contributed by atoms with Crippen molar-refractivity contribution in [2.24, 2.45) is 5.92 Å². The fourth-order valence-electron chi connectivity index (χ4n) is 3.93. The summed E-state index contributed by atoms with van der Waals surface area (Å²) in [5.74, 6) is 1.58. The van der Waals surface area contributed by atoms with Gasteiger partial charge in [-0.1, -0.05) is 0 Å². The number of hydrogen-bond acceptors (Lipinski definition) is 7. The highest BCUT2D eigenvalue weighted by Gasteiger charge is 2.35. The molecule has 1 aromatic carbocycles. The van der Waals surface area contributed by atoms with Gasteiger partial charge in [0.15, 0.2) is 5.82 Å². The lowest BCUT2D eigenvalue weighted by atomic mass is 9.80. The number of rotatable bonds is 5. The van der Waals surface area contributed by atoms with E-state index in [4.69, 9.17) is 15.0 Å². The fraction of sp³-hybridized carbons (Fsp3) is 0.455. The molecule has 1 fully saturated rings. The van der Waals surface area contributed by atoms with Gasteiger partial charge in [0.25, 0.3) is 0 Å². The van der Waals surface area contributed by atoms with Gasteiger partial charge in [-0.15, -0.1) is 0 Å². The summed E-state index contributed by atoms with van der Waals surface area (Å²) in [6, 6.07) is 5.92. The Bertz CT molecular complexity index is 1060. The van der Waals surface area contributed by atoms with Gasteiger partial charge in [-0.3, -0.25) is 4.79 Å². The van der Waals surface area contributed by atoms with Gasteiger partial charge >= 0.3 is 0 Å². The van der Waals surface area contributed by atoms with Crippen molar-refractivity contribution in [3.8, 4) is 11.8 Å². The number of benzene rings is 1. The van der Waals surface area contributed by atoms with E-state index in [0.29, 0.717) is 29.9 Å². The Labute approximate surface area is 180 Å². The molecular formula is C22H25FN6O2. The maximum atomic E-state index is 13.3. The summed E-state index contributed by atoms with van der Waals surface area (Å²) in [5.41, 5.74) is 1.60. The predicted molar refractivity (Wildman–Crippen MR) is 115 cm³/mol. The van der Waals surface area contributed by atoms with E-state index < -0.39 is 5.82 Å². The Balaban J connectivity index is 1.39. The normalized spacial score (nSPS) is 22.1. The number of aryl methyl sites for hydroxylation is 1. The monoisotopic (exact) mass is 424 g/mol. The topological polar surface area (TPSA) is 94.4 Å². The summed E-state index contributed by atoms with van der Waals surface area (Å²) in [5, 5.41) is 12.0.